The predicted molar refractivity (Wildman–Crippen MR) is 57.3 cm³/mol. The third-order valence-corrected chi connectivity index (χ3v) is 2.59. The summed E-state index contributed by atoms with van der Waals surface area (Å²) >= 11 is 5.73. The largest absolute Gasteiger partial charge is 0.396 e. The van der Waals surface area contributed by atoms with Gasteiger partial charge in [0.25, 0.3) is 0 Å². The maximum atomic E-state index is 9.94. The molecular weight excluding hydrogens is 200 g/mol. The van der Waals surface area contributed by atoms with Crippen molar-refractivity contribution in [2.24, 2.45) is 5.41 Å². The molecule has 1 aromatic rings. The molecule has 3 heteroatoms. The fraction of sp³-hybridized carbons (Fsp3) is 0.455. The van der Waals surface area contributed by atoms with E-state index in [2.05, 4.69) is 0 Å². The van der Waals surface area contributed by atoms with E-state index in [0.717, 1.165) is 5.56 Å². The molecule has 0 bridgehead atoms. The fourth-order valence-corrected chi connectivity index (χ4v) is 1.31. The van der Waals surface area contributed by atoms with Gasteiger partial charge in [-0.1, -0.05) is 37.6 Å². The third kappa shape index (κ3) is 2.47. The molecule has 0 aliphatic rings. The Labute approximate surface area is 89.1 Å². The second kappa shape index (κ2) is 4.30. The number of rotatable bonds is 3. The Bertz CT molecular complexity index is 293. The van der Waals surface area contributed by atoms with E-state index in [1.807, 2.05) is 13.8 Å². The summed E-state index contributed by atoms with van der Waals surface area (Å²) in [5.74, 6) is 0. The third-order valence-electron chi connectivity index (χ3n) is 2.33. The number of benzene rings is 1. The van der Waals surface area contributed by atoms with Crippen LogP contribution in [0.2, 0.25) is 5.02 Å². The Balaban J connectivity index is 2.89. The Morgan fingerprint density at radius 2 is 1.79 bits per heavy atom. The minimum Gasteiger partial charge on any atom is -0.396 e. The van der Waals surface area contributed by atoms with Gasteiger partial charge in [-0.05, 0) is 17.7 Å². The van der Waals surface area contributed by atoms with E-state index >= 15 is 0 Å². The normalized spacial score (nSPS) is 14.1. The summed E-state index contributed by atoms with van der Waals surface area (Å²) in [6.07, 6.45) is -0.676. The van der Waals surface area contributed by atoms with Gasteiger partial charge in [-0.2, -0.15) is 0 Å². The molecule has 0 heterocycles. The zero-order chi connectivity index (χ0) is 10.8. The number of aliphatic hydroxyl groups is 2. The SMILES string of the molecule is CC(C)(CO)[C@H](O)c1ccc(Cl)cc1. The monoisotopic (exact) mass is 214 g/mol. The Kier molecular flexibility index (Phi) is 3.53. The van der Waals surface area contributed by atoms with Gasteiger partial charge in [-0.15, -0.1) is 0 Å². The lowest BCUT2D eigenvalue weighted by atomic mass is 9.83. The summed E-state index contributed by atoms with van der Waals surface area (Å²) in [5, 5.41) is 19.7. The first kappa shape index (κ1) is 11.5. The van der Waals surface area contributed by atoms with Gasteiger partial charge in [0.2, 0.25) is 0 Å². The number of hydrogen-bond donors (Lipinski definition) is 2. The van der Waals surface area contributed by atoms with E-state index in [0.29, 0.717) is 5.02 Å². The molecular formula is C11H15ClO2. The van der Waals surface area contributed by atoms with Gasteiger partial charge in [0.05, 0.1) is 12.7 Å². The van der Waals surface area contributed by atoms with Crippen LogP contribution in [0.5, 0.6) is 0 Å². The average Bonchev–Trinajstić information content (AvgIpc) is 2.18. The molecule has 2 N–H and O–H groups in total. The molecule has 0 aliphatic carbocycles. The van der Waals surface area contributed by atoms with Crippen LogP contribution in [0.15, 0.2) is 24.3 Å². The van der Waals surface area contributed by atoms with Crippen LogP contribution < -0.4 is 0 Å². The molecule has 0 saturated carbocycles. The Hall–Kier alpha value is -0.570. The highest BCUT2D eigenvalue weighted by atomic mass is 35.5. The van der Waals surface area contributed by atoms with Crippen molar-refractivity contribution >= 4 is 11.6 Å². The minimum absolute atomic E-state index is 0.0587. The van der Waals surface area contributed by atoms with Crippen LogP contribution in [0.1, 0.15) is 25.5 Å². The van der Waals surface area contributed by atoms with Gasteiger partial charge >= 0.3 is 0 Å². The van der Waals surface area contributed by atoms with Crippen molar-refractivity contribution in [2.75, 3.05) is 6.61 Å². The van der Waals surface area contributed by atoms with E-state index in [1.165, 1.54) is 0 Å². The zero-order valence-electron chi connectivity index (χ0n) is 8.37. The van der Waals surface area contributed by atoms with Crippen molar-refractivity contribution in [1.82, 2.24) is 0 Å². The predicted octanol–water partition coefficient (Wildman–Crippen LogP) is 2.39. The maximum Gasteiger partial charge on any atom is 0.0862 e. The number of halogens is 1. The van der Waals surface area contributed by atoms with Crippen LogP contribution in [0.3, 0.4) is 0 Å². The van der Waals surface area contributed by atoms with Gasteiger partial charge in [0, 0.05) is 10.4 Å². The lowest BCUT2D eigenvalue weighted by Gasteiger charge is -2.28. The highest BCUT2D eigenvalue weighted by Crippen LogP contribution is 2.32. The number of hydrogen-bond acceptors (Lipinski definition) is 2. The van der Waals surface area contributed by atoms with Crippen LogP contribution in [-0.2, 0) is 0 Å². The van der Waals surface area contributed by atoms with Crippen molar-refractivity contribution in [3.8, 4) is 0 Å². The summed E-state index contributed by atoms with van der Waals surface area (Å²) in [6, 6.07) is 7.00. The standard InChI is InChI=1S/C11H15ClO2/c1-11(2,7-13)10(14)8-3-5-9(12)6-4-8/h3-6,10,13-14H,7H2,1-2H3/t10-/m1/s1. The number of aliphatic hydroxyl groups excluding tert-OH is 2. The highest BCUT2D eigenvalue weighted by Gasteiger charge is 2.28. The quantitative estimate of drug-likeness (QED) is 0.811. The Morgan fingerprint density at radius 1 is 1.29 bits per heavy atom. The van der Waals surface area contributed by atoms with Crippen molar-refractivity contribution in [3.63, 3.8) is 0 Å². The van der Waals surface area contributed by atoms with E-state index in [-0.39, 0.29) is 6.61 Å². The van der Waals surface area contributed by atoms with Gasteiger partial charge in [0.1, 0.15) is 0 Å². The molecule has 0 aromatic heterocycles. The first-order valence-corrected chi connectivity index (χ1v) is 4.89. The lowest BCUT2D eigenvalue weighted by Crippen LogP contribution is -2.25. The maximum absolute atomic E-state index is 9.94. The molecule has 0 radical (unpaired) electrons. The molecule has 0 aliphatic heterocycles. The first-order chi connectivity index (χ1) is 6.47. The van der Waals surface area contributed by atoms with Crippen molar-refractivity contribution in [1.29, 1.82) is 0 Å². The van der Waals surface area contributed by atoms with Crippen molar-refractivity contribution < 1.29 is 10.2 Å². The van der Waals surface area contributed by atoms with Gasteiger partial charge < -0.3 is 10.2 Å². The van der Waals surface area contributed by atoms with E-state index in [1.54, 1.807) is 24.3 Å². The molecule has 14 heavy (non-hydrogen) atoms. The molecule has 0 spiro atoms. The lowest BCUT2D eigenvalue weighted by molar-refractivity contribution is 0.00639. The van der Waals surface area contributed by atoms with Gasteiger partial charge in [-0.25, -0.2) is 0 Å². The van der Waals surface area contributed by atoms with E-state index < -0.39 is 11.5 Å². The second-order valence-corrected chi connectivity index (χ2v) is 4.54. The summed E-state index contributed by atoms with van der Waals surface area (Å²) < 4.78 is 0. The van der Waals surface area contributed by atoms with Crippen LogP contribution in [-0.4, -0.2) is 16.8 Å². The molecule has 0 amide bonds. The molecule has 1 rings (SSSR count). The smallest absolute Gasteiger partial charge is 0.0862 e. The molecule has 0 fully saturated rings. The van der Waals surface area contributed by atoms with Crippen LogP contribution >= 0.6 is 11.6 Å². The van der Waals surface area contributed by atoms with E-state index in [4.69, 9.17) is 16.7 Å². The molecule has 1 atom stereocenters. The van der Waals surface area contributed by atoms with Gasteiger partial charge in [0.15, 0.2) is 0 Å². The minimum atomic E-state index is -0.676. The van der Waals surface area contributed by atoms with Crippen LogP contribution in [0.25, 0.3) is 0 Å². The highest BCUT2D eigenvalue weighted by molar-refractivity contribution is 6.30. The molecule has 2 nitrogen and oxygen atoms in total. The zero-order valence-corrected chi connectivity index (χ0v) is 9.12. The van der Waals surface area contributed by atoms with Crippen LogP contribution in [0, 0.1) is 5.41 Å². The Morgan fingerprint density at radius 3 is 2.21 bits per heavy atom. The van der Waals surface area contributed by atoms with E-state index in [9.17, 15) is 5.11 Å². The van der Waals surface area contributed by atoms with Crippen molar-refractivity contribution in [3.05, 3.63) is 34.9 Å². The summed E-state index contributed by atoms with van der Waals surface area (Å²) in [7, 11) is 0. The molecule has 0 unspecified atom stereocenters. The molecule has 1 aromatic carbocycles. The molecule has 0 saturated heterocycles. The topological polar surface area (TPSA) is 40.5 Å². The summed E-state index contributed by atoms with van der Waals surface area (Å²) in [6.45, 7) is 3.56. The fourth-order valence-electron chi connectivity index (χ4n) is 1.18. The molecule has 78 valence electrons. The van der Waals surface area contributed by atoms with Crippen LogP contribution in [0.4, 0.5) is 0 Å². The summed E-state index contributed by atoms with van der Waals surface area (Å²) in [4.78, 5) is 0. The van der Waals surface area contributed by atoms with Gasteiger partial charge in [-0.3, -0.25) is 0 Å². The average molecular weight is 215 g/mol. The second-order valence-electron chi connectivity index (χ2n) is 4.10. The van der Waals surface area contributed by atoms with Crippen molar-refractivity contribution in [2.45, 2.75) is 20.0 Å². The summed E-state index contributed by atoms with van der Waals surface area (Å²) in [5.41, 5.74) is 0.238. The first-order valence-electron chi connectivity index (χ1n) is 4.52.